The number of hydrogen-bond acceptors (Lipinski definition) is 1. The molecule has 1 aliphatic rings. The fraction of sp³-hybridized carbons (Fsp3) is 0. The van der Waals surface area contributed by atoms with Gasteiger partial charge in [-0.25, -0.2) is 0 Å². The van der Waals surface area contributed by atoms with Crippen LogP contribution in [0, 0.1) is 0 Å². The highest BCUT2D eigenvalue weighted by atomic mass is 19.3. The largest absolute Gasteiger partial charge is 0.834 e. The summed E-state index contributed by atoms with van der Waals surface area (Å²) in [6, 6.07) is 23.9. The average molecular weight is 345 g/mol. The van der Waals surface area contributed by atoms with Crippen LogP contribution in [0.3, 0.4) is 0 Å². The van der Waals surface area contributed by atoms with E-state index in [0.717, 1.165) is 20.6 Å². The Bertz CT molecular complexity index is 1190. The lowest BCUT2D eigenvalue weighted by molar-refractivity contribution is -0.554. The molecule has 3 aromatic carbocycles. The molecular weight excluding hydrogens is 331 g/mol. The SMILES string of the molecule is F[B-]1(F)OC(c2ccccc2)=Cc2c3ccccc3c3ccccc3[n+]21. The van der Waals surface area contributed by atoms with Gasteiger partial charge in [-0.1, -0.05) is 60.7 Å². The van der Waals surface area contributed by atoms with Crippen LogP contribution >= 0.6 is 0 Å². The molecule has 0 fully saturated rings. The first kappa shape index (κ1) is 15.1. The number of hydrogen-bond donors (Lipinski definition) is 0. The predicted octanol–water partition coefficient (Wildman–Crippen LogP) is 5.03. The van der Waals surface area contributed by atoms with Gasteiger partial charge in [-0.05, 0) is 12.1 Å². The zero-order chi connectivity index (χ0) is 17.7. The number of pyridine rings is 1. The number of rotatable bonds is 1. The van der Waals surface area contributed by atoms with Crippen molar-refractivity contribution < 1.29 is 17.8 Å². The standard InChI is InChI=1S/C21H14BF2NO/c23-22(24)25-19-13-7-6-11-17(19)16-10-4-5-12-18(16)20(25)14-21(26-22)15-8-2-1-3-9-15/h1-14H. The van der Waals surface area contributed by atoms with Crippen molar-refractivity contribution in [1.29, 1.82) is 0 Å². The summed E-state index contributed by atoms with van der Waals surface area (Å²) in [6.45, 7) is 0. The maximum Gasteiger partial charge on any atom is 0.834 e. The number of para-hydroxylation sites is 1. The summed E-state index contributed by atoms with van der Waals surface area (Å²) in [4.78, 5) is 0. The summed E-state index contributed by atoms with van der Waals surface area (Å²) in [7, 11) is -4.25. The average Bonchev–Trinajstić information content (AvgIpc) is 2.68. The zero-order valence-corrected chi connectivity index (χ0v) is 13.8. The van der Waals surface area contributed by atoms with Crippen molar-refractivity contribution in [3.8, 4) is 0 Å². The van der Waals surface area contributed by atoms with Gasteiger partial charge in [-0.3, -0.25) is 0 Å². The fourth-order valence-electron chi connectivity index (χ4n) is 3.70. The third-order valence-corrected chi connectivity index (χ3v) is 4.81. The van der Waals surface area contributed by atoms with E-state index in [1.807, 2.05) is 54.6 Å². The summed E-state index contributed by atoms with van der Waals surface area (Å²) in [5.41, 5.74) is 1.57. The van der Waals surface area contributed by atoms with E-state index in [4.69, 9.17) is 4.65 Å². The summed E-state index contributed by atoms with van der Waals surface area (Å²) in [5.74, 6) is 0.191. The molecule has 0 spiro atoms. The Kier molecular flexibility index (Phi) is 3.13. The van der Waals surface area contributed by atoms with E-state index in [9.17, 15) is 0 Å². The van der Waals surface area contributed by atoms with Crippen LogP contribution in [0.1, 0.15) is 11.3 Å². The fourth-order valence-corrected chi connectivity index (χ4v) is 3.70. The summed E-state index contributed by atoms with van der Waals surface area (Å²) < 4.78 is 36.5. The van der Waals surface area contributed by atoms with Gasteiger partial charge in [0.15, 0.2) is 11.2 Å². The summed E-state index contributed by atoms with van der Waals surface area (Å²) in [5, 5.41) is 2.52. The molecule has 0 radical (unpaired) electrons. The Balaban J connectivity index is 1.94. The van der Waals surface area contributed by atoms with Crippen LogP contribution in [0.15, 0.2) is 78.9 Å². The number of aromatic nitrogens is 1. The molecule has 0 aliphatic carbocycles. The van der Waals surface area contributed by atoms with E-state index in [0.29, 0.717) is 16.8 Å². The van der Waals surface area contributed by atoms with Gasteiger partial charge in [0.25, 0.3) is 0 Å². The quantitative estimate of drug-likeness (QED) is 0.348. The van der Waals surface area contributed by atoms with Crippen molar-refractivity contribution in [2.45, 2.75) is 0 Å². The molecule has 0 saturated heterocycles. The molecule has 26 heavy (non-hydrogen) atoms. The third-order valence-electron chi connectivity index (χ3n) is 4.81. The van der Waals surface area contributed by atoms with Crippen molar-refractivity contribution in [3.63, 3.8) is 0 Å². The predicted molar refractivity (Wildman–Crippen MR) is 100 cm³/mol. The highest BCUT2D eigenvalue weighted by Crippen LogP contribution is 2.34. The highest BCUT2D eigenvalue weighted by molar-refractivity contribution is 6.52. The van der Waals surface area contributed by atoms with E-state index in [-0.39, 0.29) is 5.76 Å². The lowest BCUT2D eigenvalue weighted by Gasteiger charge is -2.29. The molecule has 0 N–H and O–H groups in total. The molecule has 0 amide bonds. The number of halogens is 2. The van der Waals surface area contributed by atoms with Gasteiger partial charge in [-0.15, -0.1) is 0 Å². The van der Waals surface area contributed by atoms with Crippen molar-refractivity contribution >= 4 is 40.5 Å². The first-order valence-electron chi connectivity index (χ1n) is 8.47. The molecule has 4 aromatic rings. The first-order valence-corrected chi connectivity index (χ1v) is 8.47. The van der Waals surface area contributed by atoms with Gasteiger partial charge in [0.1, 0.15) is 0 Å². The van der Waals surface area contributed by atoms with Crippen molar-refractivity contribution in [1.82, 2.24) is 0 Å². The summed E-state index contributed by atoms with van der Waals surface area (Å²) in [6.07, 6.45) is 1.71. The van der Waals surface area contributed by atoms with Crippen molar-refractivity contribution in [2.24, 2.45) is 0 Å². The third kappa shape index (κ3) is 2.13. The minimum Gasteiger partial charge on any atom is -0.599 e. The Labute approximate surface area is 149 Å². The molecule has 1 aromatic heterocycles. The molecule has 1 aliphatic heterocycles. The molecule has 0 saturated carbocycles. The number of nitrogens with zero attached hydrogens (tertiary/aromatic N) is 1. The first-order chi connectivity index (χ1) is 12.6. The molecule has 126 valence electrons. The van der Waals surface area contributed by atoms with Gasteiger partial charge >= 0.3 is 7.04 Å². The Hall–Kier alpha value is -3.21. The van der Waals surface area contributed by atoms with Crippen LogP contribution < -0.4 is 4.48 Å². The minimum absolute atomic E-state index is 0.191. The van der Waals surface area contributed by atoms with Crippen LogP contribution in [-0.4, -0.2) is 7.04 Å². The van der Waals surface area contributed by atoms with Gasteiger partial charge in [0.2, 0.25) is 0 Å². The minimum atomic E-state index is -4.25. The maximum atomic E-state index is 15.2. The molecule has 2 heterocycles. The summed E-state index contributed by atoms with van der Waals surface area (Å²) >= 11 is 0. The van der Waals surface area contributed by atoms with Gasteiger partial charge in [-0.2, -0.15) is 0 Å². The Morgan fingerprint density at radius 2 is 1.31 bits per heavy atom. The molecular formula is C21H14BF2NO. The van der Waals surface area contributed by atoms with Crippen LogP contribution in [0.4, 0.5) is 8.63 Å². The molecule has 2 nitrogen and oxygen atoms in total. The normalized spacial score (nSPS) is 15.4. The Morgan fingerprint density at radius 3 is 2.08 bits per heavy atom. The van der Waals surface area contributed by atoms with Gasteiger partial charge in [0, 0.05) is 33.9 Å². The van der Waals surface area contributed by atoms with Crippen LogP contribution in [0.25, 0.3) is 33.5 Å². The van der Waals surface area contributed by atoms with E-state index in [1.165, 1.54) is 0 Å². The van der Waals surface area contributed by atoms with Crippen molar-refractivity contribution in [3.05, 3.63) is 90.1 Å². The molecule has 0 unspecified atom stereocenters. The smallest absolute Gasteiger partial charge is 0.599 e. The molecule has 5 heteroatoms. The monoisotopic (exact) mass is 345 g/mol. The van der Waals surface area contributed by atoms with Gasteiger partial charge in [0.05, 0.1) is 5.76 Å². The lowest BCUT2D eigenvalue weighted by atomic mass is 9.92. The van der Waals surface area contributed by atoms with E-state index >= 15 is 8.63 Å². The van der Waals surface area contributed by atoms with Crippen LogP contribution in [0.5, 0.6) is 0 Å². The number of benzene rings is 3. The highest BCUT2D eigenvalue weighted by Gasteiger charge is 2.51. The topological polar surface area (TPSA) is 13.1 Å². The van der Waals surface area contributed by atoms with Crippen molar-refractivity contribution in [2.75, 3.05) is 0 Å². The van der Waals surface area contributed by atoms with E-state index in [2.05, 4.69) is 0 Å². The number of fused-ring (bicyclic) bond motifs is 6. The van der Waals surface area contributed by atoms with Crippen LogP contribution in [0.2, 0.25) is 0 Å². The second-order valence-electron chi connectivity index (χ2n) is 6.37. The molecule has 5 rings (SSSR count). The zero-order valence-electron chi connectivity index (χ0n) is 13.8. The van der Waals surface area contributed by atoms with Gasteiger partial charge < -0.3 is 17.8 Å². The second kappa shape index (κ2) is 5.40. The van der Waals surface area contributed by atoms with E-state index in [1.54, 1.807) is 30.3 Å². The maximum absolute atomic E-state index is 15.2. The molecule has 0 atom stereocenters. The lowest BCUT2D eigenvalue weighted by Crippen LogP contribution is -2.64. The Morgan fingerprint density at radius 1 is 0.692 bits per heavy atom. The van der Waals surface area contributed by atoms with E-state index < -0.39 is 7.04 Å². The molecule has 0 bridgehead atoms. The second-order valence-corrected chi connectivity index (χ2v) is 6.37. The van der Waals surface area contributed by atoms with Crippen LogP contribution in [-0.2, 0) is 4.65 Å².